The minimum Gasteiger partial charge on any atom is -0.358 e. The van der Waals surface area contributed by atoms with E-state index in [1.165, 1.54) is 38.9 Å². The minimum absolute atomic E-state index is 0. The molecule has 3 aromatic carbocycles. The smallest absolute Gasteiger partial charge is 0 e. The van der Waals surface area contributed by atoms with E-state index in [0.717, 1.165) is 6.54 Å². The van der Waals surface area contributed by atoms with Crippen molar-refractivity contribution in [3.8, 4) is 0 Å². The van der Waals surface area contributed by atoms with Crippen LogP contribution in [-0.2, 0) is 0 Å². The Hall–Kier alpha value is -0.886. The van der Waals surface area contributed by atoms with Gasteiger partial charge in [-0.15, -0.1) is 5.56 Å². The number of hydrogen-bond donors (Lipinski definition) is 0. The zero-order valence-corrected chi connectivity index (χ0v) is 20.3. The van der Waals surface area contributed by atoms with Gasteiger partial charge in [-0.25, -0.2) is 12.1 Å². The molecule has 1 radical (unpaired) electrons. The molecule has 1 unspecified atom stereocenters. The zero-order valence-electron chi connectivity index (χ0n) is 18.7. The molecular formula is C26H36LuN-3. The van der Waals surface area contributed by atoms with Gasteiger partial charge in [0.25, 0.3) is 0 Å². The fourth-order valence-electron chi connectivity index (χ4n) is 3.48. The van der Waals surface area contributed by atoms with Crippen LogP contribution in [0.3, 0.4) is 0 Å². The molecule has 0 N–H and O–H groups in total. The SMILES string of the molecule is CN(C)CC(c1ccccc1)[c-]1cccc1.Cc1c(C)c(C)[c-](C)c1C.[CH3-].[Lu]. The first-order valence-corrected chi connectivity index (χ1v) is 9.43. The van der Waals surface area contributed by atoms with E-state index in [0.29, 0.717) is 5.92 Å². The van der Waals surface area contributed by atoms with Crippen molar-refractivity contribution in [3.05, 3.63) is 101 Å². The maximum atomic E-state index is 2.24. The first-order valence-electron chi connectivity index (χ1n) is 9.43. The fourth-order valence-corrected chi connectivity index (χ4v) is 3.48. The van der Waals surface area contributed by atoms with Crippen LogP contribution in [0.2, 0.25) is 0 Å². The van der Waals surface area contributed by atoms with Crippen molar-refractivity contribution in [3.63, 3.8) is 0 Å². The van der Waals surface area contributed by atoms with Gasteiger partial charge >= 0.3 is 0 Å². The molecule has 3 aromatic rings. The number of hydrogen-bond acceptors (Lipinski definition) is 1. The van der Waals surface area contributed by atoms with E-state index in [1.807, 2.05) is 0 Å². The monoisotopic (exact) mass is 537 g/mol. The molecule has 0 aliphatic heterocycles. The van der Waals surface area contributed by atoms with Gasteiger partial charge < -0.3 is 12.3 Å². The average Bonchev–Trinajstić information content (AvgIpc) is 3.23. The molecule has 0 aromatic heterocycles. The van der Waals surface area contributed by atoms with Crippen LogP contribution in [0.1, 0.15) is 44.9 Å². The molecule has 0 spiro atoms. The van der Waals surface area contributed by atoms with Crippen molar-refractivity contribution < 1.29 is 36.9 Å². The summed E-state index contributed by atoms with van der Waals surface area (Å²) in [5.74, 6) is 0.478. The van der Waals surface area contributed by atoms with Gasteiger partial charge in [-0.2, -0.15) is 39.9 Å². The Morgan fingerprint density at radius 2 is 1.29 bits per heavy atom. The van der Waals surface area contributed by atoms with Crippen LogP contribution in [0.15, 0.2) is 54.6 Å². The molecule has 3 rings (SSSR count). The van der Waals surface area contributed by atoms with Crippen LogP contribution in [0.4, 0.5) is 0 Å². The van der Waals surface area contributed by atoms with E-state index in [2.05, 4.69) is 108 Å². The van der Waals surface area contributed by atoms with E-state index in [1.54, 1.807) is 0 Å². The molecule has 0 fully saturated rings. The zero-order chi connectivity index (χ0) is 19.3. The standard InChI is InChI=1S/C15H18N.C10H15.CH3.Lu/c1-16(2)12-15(14-10-6-7-11-14)13-8-4-3-5-9-13;1-6-7(2)9(4)10(5)8(6)3;;/h3-11,15H,12H2,1-2H3;1-5H3;1H3;/q3*-1;. The Labute approximate surface area is 202 Å². The predicted molar refractivity (Wildman–Crippen MR) is 121 cm³/mol. The summed E-state index contributed by atoms with van der Waals surface area (Å²) in [6.45, 7) is 12.0. The molecule has 28 heavy (non-hydrogen) atoms. The van der Waals surface area contributed by atoms with Gasteiger partial charge in [0, 0.05) is 36.9 Å². The number of benzene rings is 1. The number of likely N-dealkylation sites (N-methyl/N-ethyl adjacent to an activating group) is 1. The number of rotatable bonds is 4. The average molecular weight is 538 g/mol. The van der Waals surface area contributed by atoms with Crippen LogP contribution in [-0.4, -0.2) is 25.5 Å². The van der Waals surface area contributed by atoms with Gasteiger partial charge in [-0.1, -0.05) is 70.5 Å². The molecule has 0 saturated heterocycles. The van der Waals surface area contributed by atoms with Crippen LogP contribution in [0, 0.1) is 78.9 Å². The molecule has 1 atom stereocenters. The third-order valence-corrected chi connectivity index (χ3v) is 5.65. The van der Waals surface area contributed by atoms with E-state index < -0.39 is 0 Å². The number of nitrogens with zero attached hydrogens (tertiary/aromatic N) is 1. The summed E-state index contributed by atoms with van der Waals surface area (Å²) in [5.41, 5.74) is 10.1. The molecule has 2 heteroatoms. The first-order chi connectivity index (χ1) is 12.3. The Morgan fingerprint density at radius 3 is 1.64 bits per heavy atom. The second-order valence-corrected chi connectivity index (χ2v) is 7.57. The van der Waals surface area contributed by atoms with E-state index in [4.69, 9.17) is 0 Å². The van der Waals surface area contributed by atoms with Crippen molar-refractivity contribution >= 4 is 0 Å². The van der Waals surface area contributed by atoms with Crippen LogP contribution in [0.25, 0.3) is 0 Å². The molecule has 0 aliphatic rings. The molecule has 1 nitrogen and oxygen atoms in total. The predicted octanol–water partition coefficient (Wildman–Crippen LogP) is 6.50. The summed E-state index contributed by atoms with van der Waals surface area (Å²) in [6, 6.07) is 19.4. The van der Waals surface area contributed by atoms with Crippen molar-refractivity contribution in [2.75, 3.05) is 20.6 Å². The van der Waals surface area contributed by atoms with Crippen molar-refractivity contribution in [2.24, 2.45) is 0 Å². The van der Waals surface area contributed by atoms with Crippen LogP contribution in [0.5, 0.6) is 0 Å². The van der Waals surface area contributed by atoms with E-state index in [9.17, 15) is 0 Å². The van der Waals surface area contributed by atoms with Gasteiger partial charge in [0.05, 0.1) is 0 Å². The summed E-state index contributed by atoms with van der Waals surface area (Å²) in [7, 11) is 4.25. The summed E-state index contributed by atoms with van der Waals surface area (Å²) < 4.78 is 0. The Morgan fingerprint density at radius 1 is 0.821 bits per heavy atom. The van der Waals surface area contributed by atoms with E-state index in [-0.39, 0.29) is 44.3 Å². The van der Waals surface area contributed by atoms with Gasteiger partial charge in [-0.3, -0.25) is 0 Å². The second kappa shape index (κ2) is 12.6. The van der Waals surface area contributed by atoms with E-state index >= 15 is 0 Å². The summed E-state index contributed by atoms with van der Waals surface area (Å²) >= 11 is 0. The summed E-state index contributed by atoms with van der Waals surface area (Å²) in [5, 5.41) is 0. The third-order valence-electron chi connectivity index (χ3n) is 5.65. The van der Waals surface area contributed by atoms with Crippen molar-refractivity contribution in [1.29, 1.82) is 0 Å². The molecule has 0 saturated carbocycles. The second-order valence-electron chi connectivity index (χ2n) is 7.57. The Balaban J connectivity index is 0.000000532. The Bertz CT molecular complexity index is 715. The molecule has 0 bridgehead atoms. The molecule has 0 aliphatic carbocycles. The third kappa shape index (κ3) is 6.87. The van der Waals surface area contributed by atoms with Crippen LogP contribution >= 0.6 is 0 Å². The Kier molecular flexibility index (Phi) is 12.2. The summed E-state index contributed by atoms with van der Waals surface area (Å²) in [4.78, 5) is 2.24. The summed E-state index contributed by atoms with van der Waals surface area (Å²) in [6.07, 6.45) is 0. The first kappa shape index (κ1) is 27.1. The topological polar surface area (TPSA) is 3.24 Å². The minimum atomic E-state index is 0. The quantitative estimate of drug-likeness (QED) is 0.344. The largest absolute Gasteiger partial charge is 0.358 e. The molecule has 0 heterocycles. The molecule has 163 valence electrons. The normalized spacial score (nSPS) is 11.1. The van der Waals surface area contributed by atoms with Crippen molar-refractivity contribution in [2.45, 2.75) is 40.5 Å². The van der Waals surface area contributed by atoms with Gasteiger partial charge in [-0.05, 0) is 26.6 Å². The van der Waals surface area contributed by atoms with Crippen molar-refractivity contribution in [1.82, 2.24) is 4.90 Å². The molecule has 0 amide bonds. The maximum absolute atomic E-state index is 2.24. The van der Waals surface area contributed by atoms with Gasteiger partial charge in [0.2, 0.25) is 0 Å². The molecular weight excluding hydrogens is 501 g/mol. The van der Waals surface area contributed by atoms with Gasteiger partial charge in [0.15, 0.2) is 0 Å². The fraction of sp³-hybridized carbons (Fsp3) is 0.346. The van der Waals surface area contributed by atoms with Gasteiger partial charge in [0.1, 0.15) is 0 Å². The van der Waals surface area contributed by atoms with Crippen LogP contribution < -0.4 is 0 Å². The maximum Gasteiger partial charge on any atom is 0 e.